The summed E-state index contributed by atoms with van der Waals surface area (Å²) in [7, 11) is 0. The molecule has 2 aromatic carbocycles. The van der Waals surface area contributed by atoms with E-state index in [2.05, 4.69) is 29.2 Å². The summed E-state index contributed by atoms with van der Waals surface area (Å²) < 4.78 is 1.89. The number of aromatic nitrogens is 3. The van der Waals surface area contributed by atoms with E-state index >= 15 is 0 Å². The summed E-state index contributed by atoms with van der Waals surface area (Å²) in [4.78, 5) is 22.4. The Morgan fingerprint density at radius 1 is 0.867 bits per heavy atom. The number of hydrogen-bond donors (Lipinski definition) is 0. The minimum Gasteiger partial charge on any atom is -0.311 e. The Bertz CT molecular complexity index is 1460. The highest BCUT2D eigenvalue weighted by molar-refractivity contribution is 5.95. The Morgan fingerprint density at radius 2 is 1.80 bits per heavy atom. The van der Waals surface area contributed by atoms with Crippen molar-refractivity contribution in [3.8, 4) is 11.1 Å². The van der Waals surface area contributed by atoms with Gasteiger partial charge >= 0.3 is 0 Å². The van der Waals surface area contributed by atoms with E-state index in [1.165, 1.54) is 0 Å². The molecule has 3 heterocycles. The van der Waals surface area contributed by atoms with Crippen LogP contribution >= 0.6 is 0 Å². The van der Waals surface area contributed by atoms with Crippen LogP contribution in [0.25, 0.3) is 32.8 Å². The van der Waals surface area contributed by atoms with Crippen molar-refractivity contribution in [3.05, 3.63) is 107 Å². The fourth-order valence-electron chi connectivity index (χ4n) is 4.42. The van der Waals surface area contributed by atoms with Crippen molar-refractivity contribution in [3.63, 3.8) is 0 Å². The highest BCUT2D eigenvalue weighted by Crippen LogP contribution is 2.50. The fraction of sp³-hybridized carbons (Fsp3) is 0.115. The van der Waals surface area contributed by atoms with Crippen LogP contribution in [0, 0.1) is 0 Å². The fourth-order valence-corrected chi connectivity index (χ4v) is 4.42. The zero-order chi connectivity index (χ0) is 20.1. The normalized spacial score (nSPS) is 18.0. The van der Waals surface area contributed by atoms with Gasteiger partial charge in [0.05, 0.1) is 5.52 Å². The van der Waals surface area contributed by atoms with Gasteiger partial charge in [-0.15, -0.1) is 0 Å². The molecule has 1 saturated carbocycles. The largest absolute Gasteiger partial charge is 0.311 e. The molecular weight excluding hydrogens is 370 g/mol. The lowest BCUT2D eigenvalue weighted by Gasteiger charge is -2.10. The Kier molecular flexibility index (Phi) is 3.78. The van der Waals surface area contributed by atoms with Crippen LogP contribution in [0.5, 0.6) is 0 Å². The van der Waals surface area contributed by atoms with Gasteiger partial charge < -0.3 is 4.57 Å². The number of hydrogen-bond acceptors (Lipinski definition) is 3. The van der Waals surface area contributed by atoms with Crippen molar-refractivity contribution in [2.45, 2.75) is 18.4 Å². The molecule has 0 aliphatic heterocycles. The molecule has 0 bridgehead atoms. The molecule has 0 saturated heterocycles. The van der Waals surface area contributed by atoms with Crippen LogP contribution in [0.1, 0.15) is 24.1 Å². The summed E-state index contributed by atoms with van der Waals surface area (Å²) >= 11 is 0. The zero-order valence-electron chi connectivity index (χ0n) is 16.3. The third kappa shape index (κ3) is 2.72. The predicted molar refractivity (Wildman–Crippen MR) is 120 cm³/mol. The summed E-state index contributed by atoms with van der Waals surface area (Å²) in [5.41, 5.74) is 4.19. The summed E-state index contributed by atoms with van der Waals surface area (Å²) in [6.45, 7) is 0. The zero-order valence-corrected chi connectivity index (χ0v) is 16.3. The summed E-state index contributed by atoms with van der Waals surface area (Å²) in [5.74, 6) is 0.284. The molecule has 30 heavy (non-hydrogen) atoms. The van der Waals surface area contributed by atoms with Crippen LogP contribution < -0.4 is 5.56 Å². The van der Waals surface area contributed by atoms with Crippen molar-refractivity contribution in [1.82, 2.24) is 14.5 Å². The molecule has 5 aromatic rings. The lowest BCUT2D eigenvalue weighted by Crippen LogP contribution is -2.19. The first-order valence-corrected chi connectivity index (χ1v) is 10.2. The highest BCUT2D eigenvalue weighted by Gasteiger charge is 2.41. The van der Waals surface area contributed by atoms with Gasteiger partial charge in [0.15, 0.2) is 0 Å². The van der Waals surface area contributed by atoms with Gasteiger partial charge in [-0.3, -0.25) is 14.8 Å². The molecule has 144 valence electrons. The van der Waals surface area contributed by atoms with Crippen molar-refractivity contribution in [1.29, 1.82) is 0 Å². The summed E-state index contributed by atoms with van der Waals surface area (Å²) in [5, 5.41) is 2.85. The predicted octanol–water partition coefficient (Wildman–Crippen LogP) is 5.34. The standard InChI is InChI=1S/C26H19N3O/c30-26-21-8-3-7-19(18-6-4-13-27-16-18)20(21)12-14-29(26)25-15-22(25)24-11-10-17-5-1-2-9-23(17)28-24/h1-14,16,22,25H,15H2. The van der Waals surface area contributed by atoms with Crippen molar-refractivity contribution < 1.29 is 0 Å². The van der Waals surface area contributed by atoms with Crippen LogP contribution in [0.15, 0.2) is 96.2 Å². The van der Waals surface area contributed by atoms with Crippen LogP contribution in [0.3, 0.4) is 0 Å². The molecule has 0 N–H and O–H groups in total. The topological polar surface area (TPSA) is 47.8 Å². The van der Waals surface area contributed by atoms with Crippen LogP contribution in [-0.4, -0.2) is 14.5 Å². The lowest BCUT2D eigenvalue weighted by molar-refractivity contribution is 0.688. The molecule has 6 rings (SSSR count). The van der Waals surface area contributed by atoms with Gasteiger partial charge in [0.2, 0.25) is 0 Å². The second-order valence-electron chi connectivity index (χ2n) is 7.88. The average molecular weight is 389 g/mol. The molecule has 0 radical (unpaired) electrons. The monoisotopic (exact) mass is 389 g/mol. The molecule has 1 aliphatic carbocycles. The maximum Gasteiger partial charge on any atom is 0.258 e. The van der Waals surface area contributed by atoms with Gasteiger partial charge in [0.1, 0.15) is 0 Å². The maximum absolute atomic E-state index is 13.3. The van der Waals surface area contributed by atoms with Crippen molar-refractivity contribution >= 4 is 21.7 Å². The molecule has 0 spiro atoms. The van der Waals surface area contributed by atoms with Crippen LogP contribution in [0.4, 0.5) is 0 Å². The Balaban J connectivity index is 1.39. The van der Waals surface area contributed by atoms with E-state index in [-0.39, 0.29) is 17.5 Å². The van der Waals surface area contributed by atoms with E-state index in [0.29, 0.717) is 0 Å². The Labute approximate surface area is 173 Å². The number of pyridine rings is 3. The Hall–Kier alpha value is -3.79. The quantitative estimate of drug-likeness (QED) is 0.418. The number of nitrogens with zero attached hydrogens (tertiary/aromatic N) is 3. The minimum absolute atomic E-state index is 0.0616. The van der Waals surface area contributed by atoms with Crippen molar-refractivity contribution in [2.75, 3.05) is 0 Å². The first kappa shape index (κ1) is 17.1. The minimum atomic E-state index is 0.0616. The second kappa shape index (κ2) is 6.63. The van der Waals surface area contributed by atoms with Crippen LogP contribution in [-0.2, 0) is 0 Å². The van der Waals surface area contributed by atoms with E-state index in [1.54, 1.807) is 6.20 Å². The van der Waals surface area contributed by atoms with Crippen molar-refractivity contribution in [2.24, 2.45) is 0 Å². The third-order valence-corrected chi connectivity index (χ3v) is 6.06. The van der Waals surface area contributed by atoms with E-state index in [0.717, 1.165) is 44.9 Å². The molecule has 4 nitrogen and oxygen atoms in total. The average Bonchev–Trinajstić information content (AvgIpc) is 3.60. The number of benzene rings is 2. The lowest BCUT2D eigenvalue weighted by atomic mass is 10.0. The third-order valence-electron chi connectivity index (χ3n) is 6.06. The SMILES string of the molecule is O=c1c2cccc(-c3cccnc3)c2ccn1C1CC1c1ccc2ccccc2n1. The van der Waals surface area contributed by atoms with Gasteiger partial charge in [0, 0.05) is 52.6 Å². The van der Waals surface area contributed by atoms with Gasteiger partial charge in [0.25, 0.3) is 5.56 Å². The smallest absolute Gasteiger partial charge is 0.258 e. The van der Waals surface area contributed by atoms with E-state index in [1.807, 2.05) is 65.5 Å². The van der Waals surface area contributed by atoms with Gasteiger partial charge in [-0.2, -0.15) is 0 Å². The van der Waals surface area contributed by atoms with E-state index in [4.69, 9.17) is 4.98 Å². The number of rotatable bonds is 3. The van der Waals surface area contributed by atoms with Crippen LogP contribution in [0.2, 0.25) is 0 Å². The van der Waals surface area contributed by atoms with E-state index < -0.39 is 0 Å². The second-order valence-corrected chi connectivity index (χ2v) is 7.88. The molecule has 2 atom stereocenters. The maximum atomic E-state index is 13.3. The van der Waals surface area contributed by atoms with Gasteiger partial charge in [-0.05, 0) is 47.7 Å². The van der Waals surface area contributed by atoms with Gasteiger partial charge in [-0.1, -0.05) is 42.5 Å². The summed E-state index contributed by atoms with van der Waals surface area (Å²) in [6.07, 6.45) is 6.48. The molecule has 4 heteroatoms. The number of para-hydroxylation sites is 1. The molecule has 0 amide bonds. The first-order valence-electron chi connectivity index (χ1n) is 10.2. The highest BCUT2D eigenvalue weighted by atomic mass is 16.1. The van der Waals surface area contributed by atoms with Gasteiger partial charge in [-0.25, -0.2) is 0 Å². The molecular formula is C26H19N3O. The molecule has 2 unspecified atom stereocenters. The summed E-state index contributed by atoms with van der Waals surface area (Å²) in [6, 6.07) is 24.4. The molecule has 3 aromatic heterocycles. The first-order chi connectivity index (χ1) is 14.8. The molecule has 1 fully saturated rings. The Morgan fingerprint density at radius 3 is 2.70 bits per heavy atom. The van der Waals surface area contributed by atoms with E-state index in [9.17, 15) is 4.79 Å². The number of fused-ring (bicyclic) bond motifs is 2. The molecule has 1 aliphatic rings.